The van der Waals surface area contributed by atoms with Crippen LogP contribution in [-0.2, 0) is 5.92 Å². The third-order valence-electron chi connectivity index (χ3n) is 1.77. The number of benzene rings is 1. The Labute approximate surface area is 87.7 Å². The highest BCUT2D eigenvalue weighted by molar-refractivity contribution is 9.10. The van der Waals surface area contributed by atoms with Gasteiger partial charge in [-0.3, -0.25) is 0 Å². The molecule has 0 aromatic heterocycles. The first-order chi connectivity index (χ1) is 6.47. The molecule has 1 aromatic carbocycles. The molecule has 0 heterocycles. The first-order valence-electron chi connectivity index (χ1n) is 3.91. The predicted molar refractivity (Wildman–Crippen MR) is 49.7 cm³/mol. The Hall–Kier alpha value is -0.550. The van der Waals surface area contributed by atoms with E-state index in [4.69, 9.17) is 5.11 Å². The molecule has 0 radical (unpaired) electrons. The number of halogens is 4. The minimum absolute atomic E-state index is 0.00684. The largest absolute Gasteiger partial charge is 0.396 e. The summed E-state index contributed by atoms with van der Waals surface area (Å²) in [5, 5.41) is 8.42. The van der Waals surface area contributed by atoms with Crippen LogP contribution in [0, 0.1) is 5.82 Å². The van der Waals surface area contributed by atoms with E-state index >= 15 is 0 Å². The Morgan fingerprint density at radius 2 is 2.00 bits per heavy atom. The second-order valence-electron chi connectivity index (χ2n) is 2.81. The summed E-state index contributed by atoms with van der Waals surface area (Å²) in [6.45, 7) is -0.609. The first kappa shape index (κ1) is 11.5. The third-order valence-corrected chi connectivity index (χ3v) is 2.38. The van der Waals surface area contributed by atoms with Gasteiger partial charge in [-0.05, 0) is 28.1 Å². The normalized spacial score (nSPS) is 11.8. The lowest BCUT2D eigenvalue weighted by molar-refractivity contribution is -0.0270. The summed E-state index contributed by atoms with van der Waals surface area (Å²) in [4.78, 5) is 0. The standard InChI is InChI=1S/C9H8BrF3O/c10-7-5-6(1-2-8(7)11)9(12,13)3-4-14/h1-2,5,14H,3-4H2. The van der Waals surface area contributed by atoms with Crippen LogP contribution >= 0.6 is 15.9 Å². The molecule has 1 rings (SSSR count). The SMILES string of the molecule is OCCC(F)(F)c1ccc(F)c(Br)c1. The fourth-order valence-electron chi connectivity index (χ4n) is 1.01. The zero-order chi connectivity index (χ0) is 10.8. The Bertz CT molecular complexity index is 328. The maximum absolute atomic E-state index is 13.2. The lowest BCUT2D eigenvalue weighted by Crippen LogP contribution is -2.15. The highest BCUT2D eigenvalue weighted by Crippen LogP contribution is 2.33. The maximum atomic E-state index is 13.2. The molecule has 0 saturated carbocycles. The van der Waals surface area contributed by atoms with Gasteiger partial charge in [-0.25, -0.2) is 13.2 Å². The van der Waals surface area contributed by atoms with Gasteiger partial charge in [0, 0.05) is 18.6 Å². The van der Waals surface area contributed by atoms with Gasteiger partial charge in [-0.15, -0.1) is 0 Å². The Balaban J connectivity index is 3.01. The quantitative estimate of drug-likeness (QED) is 0.894. The second kappa shape index (κ2) is 4.31. The van der Waals surface area contributed by atoms with Gasteiger partial charge < -0.3 is 5.11 Å². The molecule has 0 unspecified atom stereocenters. The summed E-state index contributed by atoms with van der Waals surface area (Å²) in [7, 11) is 0. The number of aliphatic hydroxyl groups is 1. The highest BCUT2D eigenvalue weighted by atomic mass is 79.9. The van der Waals surface area contributed by atoms with Crippen molar-refractivity contribution in [3.05, 3.63) is 34.1 Å². The summed E-state index contributed by atoms with van der Waals surface area (Å²) in [5.74, 6) is -3.71. The molecule has 14 heavy (non-hydrogen) atoms. The van der Waals surface area contributed by atoms with Crippen LogP contribution in [0.15, 0.2) is 22.7 Å². The van der Waals surface area contributed by atoms with Crippen molar-refractivity contribution in [2.45, 2.75) is 12.3 Å². The summed E-state index contributed by atoms with van der Waals surface area (Å²) >= 11 is 2.82. The summed E-state index contributed by atoms with van der Waals surface area (Å²) < 4.78 is 39.1. The average molecular weight is 269 g/mol. The van der Waals surface area contributed by atoms with Crippen LogP contribution in [0.4, 0.5) is 13.2 Å². The fraction of sp³-hybridized carbons (Fsp3) is 0.333. The number of rotatable bonds is 3. The summed E-state index contributed by atoms with van der Waals surface area (Å²) in [6.07, 6.45) is -0.662. The van der Waals surface area contributed by atoms with Gasteiger partial charge in [-0.1, -0.05) is 6.07 Å². The molecule has 1 nitrogen and oxygen atoms in total. The van der Waals surface area contributed by atoms with Gasteiger partial charge >= 0.3 is 0 Å². The molecular formula is C9H8BrF3O. The van der Waals surface area contributed by atoms with E-state index in [-0.39, 0.29) is 10.0 Å². The smallest absolute Gasteiger partial charge is 0.275 e. The van der Waals surface area contributed by atoms with Crippen molar-refractivity contribution in [3.8, 4) is 0 Å². The number of hydrogen-bond acceptors (Lipinski definition) is 1. The molecule has 1 N–H and O–H groups in total. The molecule has 0 atom stereocenters. The van der Waals surface area contributed by atoms with E-state index in [1.165, 1.54) is 0 Å². The lowest BCUT2D eigenvalue weighted by Gasteiger charge is -2.15. The van der Waals surface area contributed by atoms with E-state index in [0.717, 1.165) is 18.2 Å². The topological polar surface area (TPSA) is 20.2 Å². The van der Waals surface area contributed by atoms with Crippen LogP contribution in [0.25, 0.3) is 0 Å². The van der Waals surface area contributed by atoms with Gasteiger partial charge in [0.15, 0.2) is 0 Å². The van der Waals surface area contributed by atoms with Crippen LogP contribution < -0.4 is 0 Å². The number of alkyl halides is 2. The molecule has 1 aromatic rings. The van der Waals surface area contributed by atoms with Crippen molar-refractivity contribution in [2.75, 3.05) is 6.61 Å². The monoisotopic (exact) mass is 268 g/mol. The van der Waals surface area contributed by atoms with Crippen LogP contribution in [0.3, 0.4) is 0 Å². The van der Waals surface area contributed by atoms with Gasteiger partial charge in [0.2, 0.25) is 0 Å². The first-order valence-corrected chi connectivity index (χ1v) is 4.71. The third kappa shape index (κ3) is 2.48. The molecule has 0 saturated heterocycles. The van der Waals surface area contributed by atoms with Crippen molar-refractivity contribution in [2.24, 2.45) is 0 Å². The van der Waals surface area contributed by atoms with Gasteiger partial charge in [-0.2, -0.15) is 0 Å². The predicted octanol–water partition coefficient (Wildman–Crippen LogP) is 3.06. The molecule has 0 fully saturated rings. The lowest BCUT2D eigenvalue weighted by atomic mass is 10.1. The van der Waals surface area contributed by atoms with Crippen molar-refractivity contribution in [1.82, 2.24) is 0 Å². The Morgan fingerprint density at radius 1 is 1.36 bits per heavy atom. The molecule has 0 aliphatic heterocycles. The fourth-order valence-corrected chi connectivity index (χ4v) is 1.39. The van der Waals surface area contributed by atoms with Gasteiger partial charge in [0.25, 0.3) is 5.92 Å². The molecule has 0 amide bonds. The highest BCUT2D eigenvalue weighted by Gasteiger charge is 2.31. The average Bonchev–Trinajstić information content (AvgIpc) is 2.09. The zero-order valence-corrected chi connectivity index (χ0v) is 8.69. The molecule has 78 valence electrons. The van der Waals surface area contributed by atoms with Crippen LogP contribution in [-0.4, -0.2) is 11.7 Å². The molecule has 0 spiro atoms. The zero-order valence-electron chi connectivity index (χ0n) is 7.11. The molecule has 0 aliphatic rings. The van der Waals surface area contributed by atoms with E-state index in [1.54, 1.807) is 0 Å². The van der Waals surface area contributed by atoms with E-state index in [0.29, 0.717) is 0 Å². The van der Waals surface area contributed by atoms with Crippen molar-refractivity contribution < 1.29 is 18.3 Å². The minimum atomic E-state index is -3.12. The van der Waals surface area contributed by atoms with E-state index < -0.39 is 24.8 Å². The van der Waals surface area contributed by atoms with Gasteiger partial charge in [0.05, 0.1) is 4.47 Å². The van der Waals surface area contributed by atoms with Crippen LogP contribution in [0.1, 0.15) is 12.0 Å². The van der Waals surface area contributed by atoms with Gasteiger partial charge in [0.1, 0.15) is 5.82 Å². The van der Waals surface area contributed by atoms with Crippen molar-refractivity contribution in [1.29, 1.82) is 0 Å². The van der Waals surface area contributed by atoms with Crippen molar-refractivity contribution in [3.63, 3.8) is 0 Å². The van der Waals surface area contributed by atoms with E-state index in [1.807, 2.05) is 0 Å². The molecule has 5 heteroatoms. The maximum Gasteiger partial charge on any atom is 0.275 e. The number of aliphatic hydroxyl groups excluding tert-OH is 1. The molecule has 0 bridgehead atoms. The van der Waals surface area contributed by atoms with Crippen molar-refractivity contribution >= 4 is 15.9 Å². The summed E-state index contributed by atoms with van der Waals surface area (Å²) in [6, 6.07) is 2.99. The molecular weight excluding hydrogens is 261 g/mol. The number of hydrogen-bond donors (Lipinski definition) is 1. The van der Waals surface area contributed by atoms with E-state index in [2.05, 4.69) is 15.9 Å². The summed E-state index contributed by atoms with van der Waals surface area (Å²) in [5.41, 5.74) is -0.306. The Morgan fingerprint density at radius 3 is 2.50 bits per heavy atom. The van der Waals surface area contributed by atoms with E-state index in [9.17, 15) is 13.2 Å². The minimum Gasteiger partial charge on any atom is -0.396 e. The van der Waals surface area contributed by atoms with Crippen LogP contribution in [0.5, 0.6) is 0 Å². The Kier molecular flexibility index (Phi) is 3.55. The van der Waals surface area contributed by atoms with Crippen LogP contribution in [0.2, 0.25) is 0 Å². The second-order valence-corrected chi connectivity index (χ2v) is 3.66. The molecule has 0 aliphatic carbocycles.